The summed E-state index contributed by atoms with van der Waals surface area (Å²) in [4.78, 5) is 0. The van der Waals surface area contributed by atoms with E-state index in [2.05, 4.69) is 9.24 Å². The quantitative estimate of drug-likeness (QED) is 0.457. The van der Waals surface area contributed by atoms with Crippen LogP contribution in [-0.4, -0.2) is 36.8 Å². The van der Waals surface area contributed by atoms with Gasteiger partial charge in [-0.05, 0) is 12.6 Å². The van der Waals surface area contributed by atoms with E-state index in [4.69, 9.17) is 4.74 Å². The minimum Gasteiger partial charge on any atom is -0.390 e. The van der Waals surface area contributed by atoms with Crippen molar-refractivity contribution in [3.8, 4) is 0 Å². The highest BCUT2D eigenvalue weighted by Crippen LogP contribution is 2.20. The number of rotatable bonds is 2. The first-order chi connectivity index (χ1) is 4.77. The van der Waals surface area contributed by atoms with Gasteiger partial charge in [0.2, 0.25) is 0 Å². The Morgan fingerprint density at radius 2 is 2.50 bits per heavy atom. The van der Waals surface area contributed by atoms with Crippen molar-refractivity contribution >= 4 is 16.5 Å². The monoisotopic (exact) mass is 159 g/mol. The molecular formula is C6H13BO2P. The summed E-state index contributed by atoms with van der Waals surface area (Å²) in [6.07, 6.45) is 1.35. The molecule has 0 aromatic carbocycles. The van der Waals surface area contributed by atoms with Crippen LogP contribution in [0.2, 0.25) is 6.82 Å². The molecular weight excluding hydrogens is 146 g/mol. The second-order valence-corrected chi connectivity index (χ2v) is 3.06. The molecule has 2 unspecified atom stereocenters. The van der Waals surface area contributed by atoms with Gasteiger partial charge in [-0.1, -0.05) is 6.82 Å². The summed E-state index contributed by atoms with van der Waals surface area (Å²) in [7, 11) is 4.57. The number of hydrogen-bond donors (Lipinski definition) is 1. The van der Waals surface area contributed by atoms with Gasteiger partial charge >= 0.3 is 0 Å². The second-order valence-electron chi connectivity index (χ2n) is 2.59. The van der Waals surface area contributed by atoms with E-state index in [1.807, 2.05) is 14.1 Å². The molecule has 1 heterocycles. The second kappa shape index (κ2) is 3.70. The minimum atomic E-state index is -0.265. The highest BCUT2D eigenvalue weighted by molar-refractivity contribution is 7.16. The van der Waals surface area contributed by atoms with E-state index >= 15 is 0 Å². The van der Waals surface area contributed by atoms with Crippen molar-refractivity contribution in [1.29, 1.82) is 0 Å². The summed E-state index contributed by atoms with van der Waals surface area (Å²) in [6, 6.07) is 0.167. The lowest BCUT2D eigenvalue weighted by atomic mass is 9.73. The Balaban J connectivity index is 2.36. The van der Waals surface area contributed by atoms with Crippen LogP contribution < -0.4 is 0 Å². The average molecular weight is 159 g/mol. The SMILES string of the molecule is C[B][C@H]1CC(O)[C@@H](CP)O1. The van der Waals surface area contributed by atoms with Crippen LogP contribution in [0.4, 0.5) is 0 Å². The van der Waals surface area contributed by atoms with Crippen LogP contribution in [0.3, 0.4) is 0 Å². The van der Waals surface area contributed by atoms with E-state index in [1.165, 1.54) is 0 Å². The van der Waals surface area contributed by atoms with E-state index in [0.717, 1.165) is 12.6 Å². The first-order valence-electron chi connectivity index (χ1n) is 3.61. The molecule has 4 atom stereocenters. The van der Waals surface area contributed by atoms with Crippen LogP contribution in [0.5, 0.6) is 0 Å². The molecule has 10 heavy (non-hydrogen) atoms. The topological polar surface area (TPSA) is 29.5 Å². The molecule has 0 spiro atoms. The Kier molecular flexibility index (Phi) is 3.15. The molecule has 2 nitrogen and oxygen atoms in total. The Morgan fingerprint density at radius 3 is 2.80 bits per heavy atom. The zero-order chi connectivity index (χ0) is 7.56. The molecule has 1 aliphatic heterocycles. The van der Waals surface area contributed by atoms with E-state index < -0.39 is 0 Å². The van der Waals surface area contributed by atoms with Gasteiger partial charge in [-0.2, -0.15) is 0 Å². The van der Waals surface area contributed by atoms with E-state index in [-0.39, 0.29) is 18.2 Å². The van der Waals surface area contributed by atoms with Crippen LogP contribution >= 0.6 is 9.24 Å². The summed E-state index contributed by atoms with van der Waals surface area (Å²) in [5.74, 6) is 0. The van der Waals surface area contributed by atoms with Crippen LogP contribution in [0.25, 0.3) is 0 Å². The third kappa shape index (κ3) is 1.72. The van der Waals surface area contributed by atoms with Crippen LogP contribution in [0.1, 0.15) is 6.42 Å². The van der Waals surface area contributed by atoms with Crippen molar-refractivity contribution in [2.75, 3.05) is 6.16 Å². The molecule has 0 aromatic rings. The molecule has 1 saturated heterocycles. The van der Waals surface area contributed by atoms with Gasteiger partial charge in [-0.3, -0.25) is 0 Å². The van der Waals surface area contributed by atoms with Gasteiger partial charge in [0.15, 0.2) is 0 Å². The van der Waals surface area contributed by atoms with E-state index in [9.17, 15) is 5.11 Å². The minimum absolute atomic E-state index is 0.0335. The highest BCUT2D eigenvalue weighted by atomic mass is 31.0. The van der Waals surface area contributed by atoms with E-state index in [1.54, 1.807) is 0 Å². The molecule has 0 aliphatic carbocycles. The van der Waals surface area contributed by atoms with Gasteiger partial charge in [0, 0.05) is 6.00 Å². The van der Waals surface area contributed by atoms with Gasteiger partial charge in [-0.15, -0.1) is 9.24 Å². The third-order valence-corrected chi connectivity index (χ3v) is 2.32. The summed E-state index contributed by atoms with van der Waals surface area (Å²) in [5, 5.41) is 9.33. The van der Waals surface area contributed by atoms with Gasteiger partial charge in [0.1, 0.15) is 7.28 Å². The van der Waals surface area contributed by atoms with Crippen molar-refractivity contribution in [2.45, 2.75) is 31.5 Å². The number of aliphatic hydroxyl groups excluding tert-OH is 1. The maximum Gasteiger partial charge on any atom is 0.146 e. The third-order valence-electron chi connectivity index (χ3n) is 1.86. The fraction of sp³-hybridized carbons (Fsp3) is 1.00. The molecule has 1 fully saturated rings. The molecule has 0 aromatic heterocycles. The predicted octanol–water partition coefficient (Wildman–Crippen LogP) is 0.0897. The molecule has 1 rings (SSSR count). The van der Waals surface area contributed by atoms with Crippen molar-refractivity contribution in [3.63, 3.8) is 0 Å². The van der Waals surface area contributed by atoms with Crippen LogP contribution in [0.15, 0.2) is 0 Å². The number of aliphatic hydroxyl groups is 1. The highest BCUT2D eigenvalue weighted by Gasteiger charge is 2.31. The average Bonchev–Trinajstić information content (AvgIpc) is 2.30. The molecule has 4 heteroatoms. The lowest BCUT2D eigenvalue weighted by Gasteiger charge is -2.10. The Hall–Kier alpha value is 0.415. The Labute approximate surface area is 64.8 Å². The fourth-order valence-corrected chi connectivity index (χ4v) is 1.61. The maximum absolute atomic E-state index is 9.33. The maximum atomic E-state index is 9.33. The van der Waals surface area contributed by atoms with Crippen molar-refractivity contribution in [3.05, 3.63) is 0 Å². The van der Waals surface area contributed by atoms with Gasteiger partial charge in [0.25, 0.3) is 0 Å². The molecule has 1 aliphatic rings. The van der Waals surface area contributed by atoms with E-state index in [0.29, 0.717) is 0 Å². The molecule has 1 N–H and O–H groups in total. The zero-order valence-corrected chi connectivity index (χ0v) is 7.31. The summed E-state index contributed by atoms with van der Waals surface area (Å²) in [5.41, 5.74) is 0. The first-order valence-corrected chi connectivity index (χ1v) is 4.42. The fourth-order valence-electron chi connectivity index (χ4n) is 1.19. The van der Waals surface area contributed by atoms with Crippen LogP contribution in [-0.2, 0) is 4.74 Å². The summed E-state index contributed by atoms with van der Waals surface area (Å²) in [6.45, 7) is 1.96. The largest absolute Gasteiger partial charge is 0.390 e. The van der Waals surface area contributed by atoms with Crippen molar-refractivity contribution < 1.29 is 9.84 Å². The summed E-state index contributed by atoms with van der Waals surface area (Å²) >= 11 is 0. The number of ether oxygens (including phenoxy) is 1. The van der Waals surface area contributed by atoms with Gasteiger partial charge in [-0.25, -0.2) is 0 Å². The lowest BCUT2D eigenvalue weighted by molar-refractivity contribution is 0.0479. The van der Waals surface area contributed by atoms with Gasteiger partial charge in [0.05, 0.1) is 12.2 Å². The smallest absolute Gasteiger partial charge is 0.146 e. The molecule has 0 bridgehead atoms. The summed E-state index contributed by atoms with van der Waals surface area (Å²) < 4.78 is 5.45. The number of hydrogen-bond acceptors (Lipinski definition) is 2. The Bertz CT molecular complexity index is 112. The Morgan fingerprint density at radius 1 is 1.80 bits per heavy atom. The predicted molar refractivity (Wildman–Crippen MR) is 45.5 cm³/mol. The lowest BCUT2D eigenvalue weighted by Crippen LogP contribution is -2.22. The van der Waals surface area contributed by atoms with Crippen molar-refractivity contribution in [2.24, 2.45) is 0 Å². The van der Waals surface area contributed by atoms with Crippen molar-refractivity contribution in [1.82, 2.24) is 0 Å². The standard InChI is InChI=1S/C6H13BO2P/c1-7-6-2-4(8)5(3-10)9-6/h4-6,8H,2-3,10H2,1H3/t4?,5-,6-/m1/s1. The van der Waals surface area contributed by atoms with Gasteiger partial charge < -0.3 is 9.84 Å². The molecule has 0 amide bonds. The zero-order valence-electron chi connectivity index (χ0n) is 6.16. The first kappa shape index (κ1) is 8.51. The molecule has 0 saturated carbocycles. The van der Waals surface area contributed by atoms with Crippen LogP contribution in [0, 0.1) is 0 Å². The molecule has 1 radical (unpaired) electrons. The molecule has 57 valence electrons. The normalized spacial score (nSPS) is 40.1.